The molecule has 2 N–H and O–H groups in total. The second-order valence-electron chi connectivity index (χ2n) is 6.52. The smallest absolute Gasteiger partial charge is 0.134 e. The van der Waals surface area contributed by atoms with Gasteiger partial charge in [0.1, 0.15) is 11.6 Å². The lowest BCUT2D eigenvalue weighted by Crippen LogP contribution is -1.96. The first kappa shape index (κ1) is 15.0. The molecule has 0 spiro atoms. The second-order valence-corrected chi connectivity index (χ2v) is 6.52. The Labute approximate surface area is 149 Å². The van der Waals surface area contributed by atoms with Gasteiger partial charge in [0, 0.05) is 38.4 Å². The minimum atomic E-state index is -0.215. The summed E-state index contributed by atoms with van der Waals surface area (Å²) in [6, 6.07) is 21.0. The third kappa shape index (κ3) is 1.91. The summed E-state index contributed by atoms with van der Waals surface area (Å²) in [5.41, 5.74) is 8.62. The van der Waals surface area contributed by atoms with E-state index in [9.17, 15) is 4.39 Å². The van der Waals surface area contributed by atoms with Crippen LogP contribution in [0.15, 0.2) is 66.7 Å². The first-order chi connectivity index (χ1) is 12.7. The van der Waals surface area contributed by atoms with Crippen molar-refractivity contribution in [2.45, 2.75) is 0 Å². The van der Waals surface area contributed by atoms with Gasteiger partial charge in [0.25, 0.3) is 0 Å². The number of ether oxygens (including phenoxy) is 1. The van der Waals surface area contributed by atoms with E-state index in [0.29, 0.717) is 11.1 Å². The summed E-state index contributed by atoms with van der Waals surface area (Å²) in [6.07, 6.45) is 0. The molecule has 0 heterocycles. The molecule has 0 saturated carbocycles. The Balaban J connectivity index is 2.03. The Kier molecular flexibility index (Phi) is 3.07. The van der Waals surface area contributed by atoms with E-state index in [2.05, 4.69) is 0 Å². The number of para-hydroxylation sites is 1. The fourth-order valence-corrected chi connectivity index (χ4v) is 4.00. The Morgan fingerprint density at radius 1 is 0.769 bits per heavy atom. The van der Waals surface area contributed by atoms with Gasteiger partial charge in [0.2, 0.25) is 0 Å². The van der Waals surface area contributed by atoms with Crippen molar-refractivity contribution >= 4 is 38.0 Å². The highest BCUT2D eigenvalue weighted by Gasteiger charge is 2.19. The van der Waals surface area contributed by atoms with Crippen LogP contribution in [0.3, 0.4) is 0 Å². The largest absolute Gasteiger partial charge is 0.495 e. The molecular weight excluding hydrogens is 325 g/mol. The summed E-state index contributed by atoms with van der Waals surface area (Å²) >= 11 is 0. The number of methoxy groups -OCH3 is 1. The molecule has 0 amide bonds. The van der Waals surface area contributed by atoms with Crippen LogP contribution in [0.2, 0.25) is 0 Å². The summed E-state index contributed by atoms with van der Waals surface area (Å²) in [4.78, 5) is 0. The molecule has 2 nitrogen and oxygen atoms in total. The average Bonchev–Trinajstić information content (AvgIpc) is 2.66. The molecule has 0 atom stereocenters. The SMILES string of the molecule is COc1c(-c2ccccc2N)cc2cc(F)c3cccc4ccc1c2c43. The quantitative estimate of drug-likeness (QED) is 0.316. The molecule has 0 aliphatic carbocycles. The van der Waals surface area contributed by atoms with Crippen LogP contribution in [0, 0.1) is 5.82 Å². The van der Waals surface area contributed by atoms with Gasteiger partial charge in [-0.25, -0.2) is 4.39 Å². The van der Waals surface area contributed by atoms with E-state index < -0.39 is 0 Å². The first-order valence-corrected chi connectivity index (χ1v) is 8.48. The van der Waals surface area contributed by atoms with Crippen LogP contribution >= 0.6 is 0 Å². The van der Waals surface area contributed by atoms with Crippen LogP contribution in [0.4, 0.5) is 10.1 Å². The number of nitrogens with two attached hydrogens (primary N) is 1. The number of anilines is 1. The van der Waals surface area contributed by atoms with E-state index in [0.717, 1.165) is 43.8 Å². The highest BCUT2D eigenvalue weighted by Crippen LogP contribution is 2.45. The predicted octanol–water partition coefficient (Wildman–Crippen LogP) is 5.98. The third-order valence-electron chi connectivity index (χ3n) is 5.12. The monoisotopic (exact) mass is 341 g/mol. The van der Waals surface area contributed by atoms with Crippen molar-refractivity contribution in [2.75, 3.05) is 12.8 Å². The van der Waals surface area contributed by atoms with Crippen LogP contribution in [-0.2, 0) is 0 Å². The lowest BCUT2D eigenvalue weighted by Gasteiger charge is -2.18. The topological polar surface area (TPSA) is 35.2 Å². The minimum absolute atomic E-state index is 0.215. The van der Waals surface area contributed by atoms with E-state index in [4.69, 9.17) is 10.5 Å². The molecule has 5 aromatic rings. The van der Waals surface area contributed by atoms with Crippen molar-refractivity contribution in [1.29, 1.82) is 0 Å². The number of hydrogen-bond acceptors (Lipinski definition) is 2. The van der Waals surface area contributed by atoms with Crippen LogP contribution in [0.25, 0.3) is 43.4 Å². The van der Waals surface area contributed by atoms with E-state index in [1.54, 1.807) is 13.2 Å². The number of nitrogen functional groups attached to an aromatic ring is 1. The molecule has 126 valence electrons. The molecule has 0 fully saturated rings. The lowest BCUT2D eigenvalue weighted by atomic mass is 9.90. The van der Waals surface area contributed by atoms with E-state index >= 15 is 0 Å². The summed E-state index contributed by atoms with van der Waals surface area (Å²) in [7, 11) is 1.66. The average molecular weight is 341 g/mol. The zero-order chi connectivity index (χ0) is 17.8. The van der Waals surface area contributed by atoms with E-state index in [1.165, 1.54) is 0 Å². The molecule has 0 unspecified atom stereocenters. The number of rotatable bonds is 2. The molecule has 0 aromatic heterocycles. The molecule has 0 bridgehead atoms. The van der Waals surface area contributed by atoms with Gasteiger partial charge in [-0.3, -0.25) is 0 Å². The van der Waals surface area contributed by atoms with Crippen molar-refractivity contribution in [2.24, 2.45) is 0 Å². The molecule has 0 aliphatic rings. The fourth-order valence-electron chi connectivity index (χ4n) is 4.00. The van der Waals surface area contributed by atoms with Gasteiger partial charge in [0.15, 0.2) is 0 Å². The molecule has 26 heavy (non-hydrogen) atoms. The van der Waals surface area contributed by atoms with Gasteiger partial charge in [-0.1, -0.05) is 42.5 Å². The van der Waals surface area contributed by atoms with E-state index in [-0.39, 0.29) is 5.82 Å². The van der Waals surface area contributed by atoms with Crippen molar-refractivity contribution in [3.05, 3.63) is 72.5 Å². The fraction of sp³-hybridized carbons (Fsp3) is 0.0435. The number of halogens is 1. The maximum absolute atomic E-state index is 14.8. The summed E-state index contributed by atoms with van der Waals surface area (Å²) in [5, 5.41) is 5.43. The molecule has 5 aromatic carbocycles. The van der Waals surface area contributed by atoms with Crippen molar-refractivity contribution in [3.8, 4) is 16.9 Å². The molecule has 0 radical (unpaired) electrons. The van der Waals surface area contributed by atoms with Gasteiger partial charge in [0.05, 0.1) is 7.11 Å². The van der Waals surface area contributed by atoms with Gasteiger partial charge >= 0.3 is 0 Å². The highest BCUT2D eigenvalue weighted by molar-refractivity contribution is 6.25. The van der Waals surface area contributed by atoms with E-state index in [1.807, 2.05) is 60.7 Å². The molecule has 5 rings (SSSR count). The highest BCUT2D eigenvalue weighted by atomic mass is 19.1. The Morgan fingerprint density at radius 2 is 1.58 bits per heavy atom. The van der Waals surface area contributed by atoms with Gasteiger partial charge < -0.3 is 10.5 Å². The Morgan fingerprint density at radius 3 is 2.38 bits per heavy atom. The number of benzene rings is 5. The van der Waals surface area contributed by atoms with Crippen molar-refractivity contribution in [3.63, 3.8) is 0 Å². The molecular formula is C23H16FNO. The Bertz CT molecular complexity index is 1290. The van der Waals surface area contributed by atoms with Gasteiger partial charge in [-0.05, 0) is 35.0 Å². The maximum Gasteiger partial charge on any atom is 0.134 e. The van der Waals surface area contributed by atoms with Crippen molar-refractivity contribution < 1.29 is 9.13 Å². The van der Waals surface area contributed by atoms with Gasteiger partial charge in [-0.2, -0.15) is 0 Å². The first-order valence-electron chi connectivity index (χ1n) is 8.48. The molecule has 0 saturated heterocycles. The summed E-state index contributed by atoms with van der Waals surface area (Å²) in [5.74, 6) is 0.543. The second kappa shape index (κ2) is 5.33. The standard InChI is InChI=1S/C23H16FNO/c1-26-23-17-10-9-13-5-4-7-16-19(24)12-14(22(17)21(13)16)11-18(23)15-6-2-3-8-20(15)25/h2-12H,25H2,1H3. The van der Waals surface area contributed by atoms with Crippen LogP contribution in [0.1, 0.15) is 0 Å². The lowest BCUT2D eigenvalue weighted by molar-refractivity contribution is 0.421. The van der Waals surface area contributed by atoms with Crippen molar-refractivity contribution in [1.82, 2.24) is 0 Å². The summed E-state index contributed by atoms with van der Waals surface area (Å²) < 4.78 is 20.6. The normalized spacial score (nSPS) is 11.6. The maximum atomic E-state index is 14.8. The molecule has 0 aliphatic heterocycles. The third-order valence-corrected chi connectivity index (χ3v) is 5.12. The van der Waals surface area contributed by atoms with Crippen LogP contribution < -0.4 is 10.5 Å². The predicted molar refractivity (Wildman–Crippen MR) is 107 cm³/mol. The zero-order valence-electron chi connectivity index (χ0n) is 14.2. The Hall–Kier alpha value is -3.33. The zero-order valence-corrected chi connectivity index (χ0v) is 14.2. The van der Waals surface area contributed by atoms with Crippen LogP contribution in [-0.4, -0.2) is 7.11 Å². The minimum Gasteiger partial charge on any atom is -0.495 e. The van der Waals surface area contributed by atoms with Crippen LogP contribution in [0.5, 0.6) is 5.75 Å². The number of hydrogen-bond donors (Lipinski definition) is 1. The molecule has 3 heteroatoms. The van der Waals surface area contributed by atoms with Gasteiger partial charge in [-0.15, -0.1) is 0 Å². The summed E-state index contributed by atoms with van der Waals surface area (Å²) in [6.45, 7) is 0.